The SMILES string of the molecule is CCOC(=O)[C@H]1CC[C@H](Oc2cccc(Br)c2C)CC1. The zero-order chi connectivity index (χ0) is 14.5. The summed E-state index contributed by atoms with van der Waals surface area (Å²) in [6.45, 7) is 4.36. The maximum Gasteiger partial charge on any atom is 0.308 e. The fraction of sp³-hybridized carbons (Fsp3) is 0.562. The molecule has 0 spiro atoms. The predicted octanol–water partition coefficient (Wildman–Crippen LogP) is 4.26. The van der Waals surface area contributed by atoms with E-state index in [1.54, 1.807) is 0 Å². The Bertz CT molecular complexity index is 465. The molecule has 0 aromatic heterocycles. The molecule has 1 aromatic carbocycles. The molecule has 0 bridgehead atoms. The summed E-state index contributed by atoms with van der Waals surface area (Å²) in [6.07, 6.45) is 3.74. The molecule has 0 unspecified atom stereocenters. The Morgan fingerprint density at radius 3 is 2.65 bits per heavy atom. The normalized spacial score (nSPS) is 22.4. The topological polar surface area (TPSA) is 35.5 Å². The van der Waals surface area contributed by atoms with E-state index in [4.69, 9.17) is 9.47 Å². The molecule has 2 rings (SSSR count). The third kappa shape index (κ3) is 3.75. The molecule has 1 saturated carbocycles. The van der Waals surface area contributed by atoms with Gasteiger partial charge in [0.25, 0.3) is 0 Å². The number of benzene rings is 1. The average molecular weight is 341 g/mol. The number of rotatable bonds is 4. The van der Waals surface area contributed by atoms with Crippen LogP contribution in [0.3, 0.4) is 0 Å². The van der Waals surface area contributed by atoms with E-state index in [0.29, 0.717) is 6.61 Å². The van der Waals surface area contributed by atoms with Crippen LogP contribution in [-0.2, 0) is 9.53 Å². The van der Waals surface area contributed by atoms with Crippen LogP contribution in [0.25, 0.3) is 0 Å². The lowest BCUT2D eigenvalue weighted by molar-refractivity contribution is -0.149. The summed E-state index contributed by atoms with van der Waals surface area (Å²) in [5, 5.41) is 0. The molecule has 0 atom stereocenters. The van der Waals surface area contributed by atoms with Gasteiger partial charge in [-0.2, -0.15) is 0 Å². The number of halogens is 1. The van der Waals surface area contributed by atoms with E-state index in [2.05, 4.69) is 15.9 Å². The van der Waals surface area contributed by atoms with Crippen LogP contribution in [0.5, 0.6) is 5.75 Å². The predicted molar refractivity (Wildman–Crippen MR) is 81.9 cm³/mol. The lowest BCUT2D eigenvalue weighted by Gasteiger charge is -2.28. The number of ether oxygens (including phenoxy) is 2. The van der Waals surface area contributed by atoms with Crippen molar-refractivity contribution in [2.45, 2.75) is 45.6 Å². The van der Waals surface area contributed by atoms with Gasteiger partial charge in [-0.05, 0) is 51.7 Å². The van der Waals surface area contributed by atoms with Crippen molar-refractivity contribution < 1.29 is 14.3 Å². The molecule has 0 radical (unpaired) electrons. The Morgan fingerprint density at radius 1 is 1.30 bits per heavy atom. The van der Waals surface area contributed by atoms with Crippen molar-refractivity contribution in [1.29, 1.82) is 0 Å². The number of hydrogen-bond acceptors (Lipinski definition) is 3. The molecule has 0 N–H and O–H groups in total. The van der Waals surface area contributed by atoms with Gasteiger partial charge < -0.3 is 9.47 Å². The van der Waals surface area contributed by atoms with Crippen LogP contribution in [0, 0.1) is 12.8 Å². The third-order valence-electron chi connectivity index (χ3n) is 3.81. The Kier molecular flexibility index (Phi) is 5.46. The first-order chi connectivity index (χ1) is 9.61. The fourth-order valence-corrected chi connectivity index (χ4v) is 2.92. The van der Waals surface area contributed by atoms with E-state index in [-0.39, 0.29) is 18.0 Å². The number of esters is 1. The van der Waals surface area contributed by atoms with Crippen LogP contribution in [0.1, 0.15) is 38.2 Å². The van der Waals surface area contributed by atoms with Gasteiger partial charge in [-0.1, -0.05) is 22.0 Å². The van der Waals surface area contributed by atoms with Gasteiger partial charge in [-0.3, -0.25) is 4.79 Å². The number of carbonyl (C=O) groups is 1. The molecule has 0 heterocycles. The standard InChI is InChI=1S/C16H21BrO3/c1-3-19-16(18)12-7-9-13(10-8-12)20-15-6-4-5-14(17)11(15)2/h4-6,12-13H,3,7-10H2,1-2H3/t12-,13-. The zero-order valence-electron chi connectivity index (χ0n) is 12.0. The van der Waals surface area contributed by atoms with Gasteiger partial charge in [-0.25, -0.2) is 0 Å². The van der Waals surface area contributed by atoms with Crippen molar-refractivity contribution in [3.8, 4) is 5.75 Å². The summed E-state index contributed by atoms with van der Waals surface area (Å²) in [7, 11) is 0. The van der Waals surface area contributed by atoms with Crippen molar-refractivity contribution in [3.63, 3.8) is 0 Å². The number of hydrogen-bond donors (Lipinski definition) is 0. The van der Waals surface area contributed by atoms with E-state index in [0.717, 1.165) is 41.5 Å². The average Bonchev–Trinajstić information content (AvgIpc) is 2.45. The summed E-state index contributed by atoms with van der Waals surface area (Å²) in [6, 6.07) is 5.99. The summed E-state index contributed by atoms with van der Waals surface area (Å²) in [5.74, 6) is 0.932. The van der Waals surface area contributed by atoms with Gasteiger partial charge in [0.15, 0.2) is 0 Å². The molecule has 1 fully saturated rings. The van der Waals surface area contributed by atoms with Crippen molar-refractivity contribution in [3.05, 3.63) is 28.2 Å². The van der Waals surface area contributed by atoms with Crippen LogP contribution < -0.4 is 4.74 Å². The minimum absolute atomic E-state index is 0.0513. The Morgan fingerprint density at radius 2 is 2.00 bits per heavy atom. The first kappa shape index (κ1) is 15.4. The monoisotopic (exact) mass is 340 g/mol. The first-order valence-corrected chi connectivity index (χ1v) is 7.99. The Hall–Kier alpha value is -1.03. The molecule has 4 heteroatoms. The first-order valence-electron chi connectivity index (χ1n) is 7.20. The highest BCUT2D eigenvalue weighted by Crippen LogP contribution is 2.31. The van der Waals surface area contributed by atoms with E-state index in [1.807, 2.05) is 32.0 Å². The Balaban J connectivity index is 1.88. The lowest BCUT2D eigenvalue weighted by Crippen LogP contribution is -2.29. The van der Waals surface area contributed by atoms with Crippen molar-refractivity contribution in [2.24, 2.45) is 5.92 Å². The second kappa shape index (κ2) is 7.11. The summed E-state index contributed by atoms with van der Waals surface area (Å²) in [5.41, 5.74) is 1.13. The van der Waals surface area contributed by atoms with E-state index >= 15 is 0 Å². The molecule has 110 valence electrons. The minimum atomic E-state index is -0.0513. The number of carbonyl (C=O) groups excluding carboxylic acids is 1. The second-order valence-corrected chi connectivity index (χ2v) is 6.06. The van der Waals surface area contributed by atoms with Crippen molar-refractivity contribution in [1.82, 2.24) is 0 Å². The second-order valence-electron chi connectivity index (χ2n) is 5.21. The summed E-state index contributed by atoms with van der Waals surface area (Å²) < 4.78 is 12.2. The quantitative estimate of drug-likeness (QED) is 0.768. The maximum atomic E-state index is 11.7. The molecule has 1 aliphatic rings. The molecular weight excluding hydrogens is 320 g/mol. The van der Waals surface area contributed by atoms with Gasteiger partial charge >= 0.3 is 5.97 Å². The highest BCUT2D eigenvalue weighted by Gasteiger charge is 2.28. The molecule has 1 aliphatic carbocycles. The van der Waals surface area contributed by atoms with E-state index < -0.39 is 0 Å². The van der Waals surface area contributed by atoms with Crippen LogP contribution in [-0.4, -0.2) is 18.7 Å². The van der Waals surface area contributed by atoms with Crippen LogP contribution in [0.4, 0.5) is 0 Å². The molecule has 20 heavy (non-hydrogen) atoms. The fourth-order valence-electron chi connectivity index (χ4n) is 2.57. The summed E-state index contributed by atoms with van der Waals surface area (Å²) >= 11 is 3.52. The highest BCUT2D eigenvalue weighted by atomic mass is 79.9. The zero-order valence-corrected chi connectivity index (χ0v) is 13.6. The molecular formula is C16H21BrO3. The van der Waals surface area contributed by atoms with Crippen LogP contribution in [0.15, 0.2) is 22.7 Å². The van der Waals surface area contributed by atoms with Crippen molar-refractivity contribution in [2.75, 3.05) is 6.61 Å². The van der Waals surface area contributed by atoms with Gasteiger partial charge in [-0.15, -0.1) is 0 Å². The van der Waals surface area contributed by atoms with Gasteiger partial charge in [0.05, 0.1) is 18.6 Å². The molecule has 3 nitrogen and oxygen atoms in total. The van der Waals surface area contributed by atoms with Crippen molar-refractivity contribution >= 4 is 21.9 Å². The molecule has 0 aliphatic heterocycles. The smallest absolute Gasteiger partial charge is 0.308 e. The maximum absolute atomic E-state index is 11.7. The highest BCUT2D eigenvalue weighted by molar-refractivity contribution is 9.10. The van der Waals surface area contributed by atoms with Crippen LogP contribution >= 0.6 is 15.9 Å². The molecule has 1 aromatic rings. The van der Waals surface area contributed by atoms with Gasteiger partial charge in [0.2, 0.25) is 0 Å². The lowest BCUT2D eigenvalue weighted by atomic mass is 9.87. The van der Waals surface area contributed by atoms with E-state index in [1.165, 1.54) is 0 Å². The van der Waals surface area contributed by atoms with Gasteiger partial charge in [0.1, 0.15) is 5.75 Å². The largest absolute Gasteiger partial charge is 0.490 e. The van der Waals surface area contributed by atoms with E-state index in [9.17, 15) is 4.79 Å². The molecule has 0 saturated heterocycles. The van der Waals surface area contributed by atoms with Crippen LogP contribution in [0.2, 0.25) is 0 Å². The third-order valence-corrected chi connectivity index (χ3v) is 4.66. The Labute approximate surface area is 128 Å². The summed E-state index contributed by atoms with van der Waals surface area (Å²) in [4.78, 5) is 11.7. The van der Waals surface area contributed by atoms with Gasteiger partial charge in [0, 0.05) is 10.0 Å². The minimum Gasteiger partial charge on any atom is -0.490 e. The molecule has 0 amide bonds.